The van der Waals surface area contributed by atoms with Crippen LogP contribution in [0.3, 0.4) is 0 Å². The number of primary sulfonamides is 1. The van der Waals surface area contributed by atoms with Gasteiger partial charge in [-0.25, -0.2) is 13.6 Å². The summed E-state index contributed by atoms with van der Waals surface area (Å²) in [4.78, 5) is 21.7. The van der Waals surface area contributed by atoms with E-state index in [2.05, 4.69) is 10.5 Å². The lowest BCUT2D eigenvalue weighted by molar-refractivity contribution is -0.125. The molecule has 1 aliphatic heterocycles. The lowest BCUT2D eigenvalue weighted by atomic mass is 10.2. The molecule has 1 amide bonds. The van der Waals surface area contributed by atoms with Gasteiger partial charge in [-0.2, -0.15) is 0 Å². The van der Waals surface area contributed by atoms with Gasteiger partial charge in [0.2, 0.25) is 15.3 Å². The molecule has 6 nitrogen and oxygen atoms in total. The van der Waals surface area contributed by atoms with E-state index >= 15 is 0 Å². The van der Waals surface area contributed by atoms with Crippen molar-refractivity contribution in [2.24, 2.45) is 5.14 Å². The Morgan fingerprint density at radius 3 is 2.33 bits per heavy atom. The zero-order valence-electron chi connectivity index (χ0n) is 5.85. The Morgan fingerprint density at radius 1 is 1.42 bits per heavy atom. The van der Waals surface area contributed by atoms with Crippen LogP contribution in [0, 0.1) is 0 Å². The highest BCUT2D eigenvalue weighted by atomic mass is 32.2. The van der Waals surface area contributed by atoms with Gasteiger partial charge in [-0.1, -0.05) is 0 Å². The van der Waals surface area contributed by atoms with Crippen molar-refractivity contribution in [3.05, 3.63) is 12.3 Å². The molecule has 66 valence electrons. The summed E-state index contributed by atoms with van der Waals surface area (Å²) >= 11 is 0. The normalized spacial score (nSPS) is 23.9. The molecule has 0 aromatic heterocycles. The van der Waals surface area contributed by atoms with Crippen molar-refractivity contribution in [1.29, 1.82) is 0 Å². The van der Waals surface area contributed by atoms with Gasteiger partial charge >= 0.3 is 0 Å². The van der Waals surface area contributed by atoms with E-state index in [0.29, 0.717) is 0 Å². The van der Waals surface area contributed by atoms with Crippen LogP contribution in [0.2, 0.25) is 0 Å². The first-order chi connectivity index (χ1) is 5.43. The molecule has 0 saturated heterocycles. The molecule has 3 N–H and O–H groups in total. The number of hydrogen-bond acceptors (Lipinski definition) is 4. The highest BCUT2D eigenvalue weighted by molar-refractivity contribution is 7.91. The zero-order chi connectivity index (χ0) is 9.35. The number of hydrogen-bond donors (Lipinski definition) is 2. The molecule has 0 fully saturated rings. The van der Waals surface area contributed by atoms with Crippen LogP contribution >= 0.6 is 0 Å². The van der Waals surface area contributed by atoms with Gasteiger partial charge in [0.05, 0.1) is 0 Å². The fourth-order valence-corrected chi connectivity index (χ4v) is 1.58. The second kappa shape index (κ2) is 2.68. The minimum Gasteiger partial charge on any atom is -0.331 e. The third-order valence-electron chi connectivity index (χ3n) is 1.30. The third kappa shape index (κ3) is 1.51. The minimum absolute atomic E-state index is 0.818. The largest absolute Gasteiger partial charge is 0.331 e. The van der Waals surface area contributed by atoms with Gasteiger partial charge in [-0.3, -0.25) is 9.59 Å². The SMILES string of the molecule is NS(=O)(=O)C1C(=O)C=CNC1=O. The summed E-state index contributed by atoms with van der Waals surface area (Å²) < 4.78 is 21.3. The fourth-order valence-electron chi connectivity index (χ4n) is 0.809. The number of nitrogens with two attached hydrogens (primary N) is 1. The maximum atomic E-state index is 10.8. The third-order valence-corrected chi connectivity index (χ3v) is 2.40. The number of nitrogens with one attached hydrogen (secondary N) is 1. The quantitative estimate of drug-likeness (QED) is 0.460. The molecule has 0 aromatic rings. The van der Waals surface area contributed by atoms with Gasteiger partial charge in [0.1, 0.15) is 0 Å². The van der Waals surface area contributed by atoms with Crippen LogP contribution in [0.15, 0.2) is 12.3 Å². The van der Waals surface area contributed by atoms with Crippen LogP contribution < -0.4 is 10.5 Å². The van der Waals surface area contributed by atoms with E-state index in [4.69, 9.17) is 0 Å². The number of carbonyl (C=O) groups is 2. The molecule has 0 bridgehead atoms. The van der Waals surface area contributed by atoms with Crippen LogP contribution in [-0.2, 0) is 19.6 Å². The van der Waals surface area contributed by atoms with Crippen molar-refractivity contribution < 1.29 is 18.0 Å². The van der Waals surface area contributed by atoms with E-state index in [1.165, 1.54) is 0 Å². The lowest BCUT2D eigenvalue weighted by Gasteiger charge is -2.13. The van der Waals surface area contributed by atoms with Crippen molar-refractivity contribution in [2.75, 3.05) is 0 Å². The van der Waals surface area contributed by atoms with Gasteiger partial charge in [0, 0.05) is 6.20 Å². The summed E-state index contributed by atoms with van der Waals surface area (Å²) in [6, 6.07) is 0. The van der Waals surface area contributed by atoms with E-state index in [0.717, 1.165) is 12.3 Å². The Hall–Kier alpha value is -1.21. The maximum absolute atomic E-state index is 10.8. The molecule has 1 aliphatic rings. The van der Waals surface area contributed by atoms with Gasteiger partial charge in [0.25, 0.3) is 5.91 Å². The first-order valence-electron chi connectivity index (χ1n) is 2.95. The topological polar surface area (TPSA) is 106 Å². The van der Waals surface area contributed by atoms with Crippen LogP contribution in [-0.4, -0.2) is 25.4 Å². The molecule has 1 unspecified atom stereocenters. The molecule has 1 atom stereocenters. The minimum atomic E-state index is -4.14. The molecule has 0 aromatic carbocycles. The zero-order valence-corrected chi connectivity index (χ0v) is 6.67. The maximum Gasteiger partial charge on any atom is 0.251 e. The summed E-state index contributed by atoms with van der Waals surface area (Å²) in [6.45, 7) is 0. The lowest BCUT2D eigenvalue weighted by Crippen LogP contribution is -2.48. The fraction of sp³-hybridized carbons (Fsp3) is 0.200. The van der Waals surface area contributed by atoms with Gasteiger partial charge in [-0.15, -0.1) is 0 Å². The number of ketones is 1. The summed E-state index contributed by atoms with van der Waals surface area (Å²) in [6.07, 6.45) is 2.03. The second-order valence-corrected chi connectivity index (χ2v) is 3.86. The Labute approximate surface area is 68.5 Å². The number of carbonyl (C=O) groups excluding carboxylic acids is 2. The summed E-state index contributed by atoms with van der Waals surface area (Å²) in [5.74, 6) is -1.73. The number of amides is 1. The predicted molar refractivity (Wildman–Crippen MR) is 39.2 cm³/mol. The molecular formula is C5H6N2O4S. The molecule has 7 heteroatoms. The van der Waals surface area contributed by atoms with E-state index < -0.39 is 27.0 Å². The summed E-state index contributed by atoms with van der Waals surface area (Å²) in [5, 5.41) is 4.93. The highest BCUT2D eigenvalue weighted by Gasteiger charge is 2.36. The molecule has 1 heterocycles. The van der Waals surface area contributed by atoms with Gasteiger partial charge < -0.3 is 5.32 Å². The Balaban J connectivity index is 3.12. The standard InChI is InChI=1S/C5H6N2O4S/c6-12(10,11)4-3(8)1-2-7-5(4)9/h1-2,4H,(H,7,9)(H2,6,10,11). The van der Waals surface area contributed by atoms with E-state index in [1.54, 1.807) is 0 Å². The van der Waals surface area contributed by atoms with Crippen LogP contribution in [0.25, 0.3) is 0 Å². The Bertz CT molecular complexity index is 356. The molecule has 0 saturated carbocycles. The molecule has 0 spiro atoms. The van der Waals surface area contributed by atoms with Crippen molar-refractivity contribution in [2.45, 2.75) is 5.25 Å². The number of sulfonamides is 1. The first kappa shape index (κ1) is 8.88. The molecule has 1 rings (SSSR count). The highest BCUT2D eigenvalue weighted by Crippen LogP contribution is 2.03. The second-order valence-electron chi connectivity index (χ2n) is 2.21. The monoisotopic (exact) mass is 190 g/mol. The molecule has 0 aliphatic carbocycles. The number of allylic oxidation sites excluding steroid dienone is 1. The average Bonchev–Trinajstić information content (AvgIpc) is 1.82. The average molecular weight is 190 g/mol. The molecule has 0 radical (unpaired) electrons. The predicted octanol–water partition coefficient (Wildman–Crippen LogP) is -2.14. The molecule has 12 heavy (non-hydrogen) atoms. The van der Waals surface area contributed by atoms with Crippen molar-refractivity contribution in [3.8, 4) is 0 Å². The molecular weight excluding hydrogens is 184 g/mol. The Kier molecular flexibility index (Phi) is 1.99. The van der Waals surface area contributed by atoms with E-state index in [-0.39, 0.29) is 0 Å². The van der Waals surface area contributed by atoms with Crippen LogP contribution in [0.4, 0.5) is 0 Å². The Morgan fingerprint density at radius 2 is 2.00 bits per heavy atom. The summed E-state index contributed by atoms with van der Waals surface area (Å²) in [7, 11) is -4.14. The summed E-state index contributed by atoms with van der Waals surface area (Å²) in [5.41, 5.74) is 0. The first-order valence-corrected chi connectivity index (χ1v) is 4.56. The van der Waals surface area contributed by atoms with Crippen LogP contribution in [0.1, 0.15) is 0 Å². The van der Waals surface area contributed by atoms with E-state index in [1.807, 2.05) is 0 Å². The van der Waals surface area contributed by atoms with Crippen LogP contribution in [0.5, 0.6) is 0 Å². The van der Waals surface area contributed by atoms with Gasteiger partial charge in [-0.05, 0) is 6.08 Å². The number of rotatable bonds is 1. The van der Waals surface area contributed by atoms with Crippen molar-refractivity contribution in [3.63, 3.8) is 0 Å². The van der Waals surface area contributed by atoms with E-state index in [9.17, 15) is 18.0 Å². The van der Waals surface area contributed by atoms with Gasteiger partial charge in [0.15, 0.2) is 5.78 Å². The smallest absolute Gasteiger partial charge is 0.251 e. The van der Waals surface area contributed by atoms with Crippen molar-refractivity contribution in [1.82, 2.24) is 5.32 Å². The van der Waals surface area contributed by atoms with Crippen molar-refractivity contribution >= 4 is 21.7 Å².